The predicted molar refractivity (Wildman–Crippen MR) is 75.7 cm³/mol. The number of nitrogens with zero attached hydrogens (tertiary/aromatic N) is 1. The molecule has 104 valence electrons. The molecule has 0 aliphatic heterocycles. The first-order chi connectivity index (χ1) is 9.17. The lowest BCUT2D eigenvalue weighted by Gasteiger charge is -2.37. The van der Waals surface area contributed by atoms with E-state index in [1.807, 2.05) is 0 Å². The molecule has 4 heteroatoms. The lowest BCUT2D eigenvalue weighted by Crippen LogP contribution is -2.30. The first-order valence-electron chi connectivity index (χ1n) is 7.16. The molecule has 2 saturated carbocycles. The standard InChI is InChI=1S/C15H19BrFNO/c16-14-12(17)3-4-13(18-14)19-11-5-9-15(10-6-11)7-1-2-8-15/h3-4,11H,1-2,5-10H2. The number of ether oxygens (including phenoxy) is 1. The van der Waals surface area contributed by atoms with Gasteiger partial charge in [0.1, 0.15) is 10.7 Å². The quantitative estimate of drug-likeness (QED) is 0.723. The molecule has 2 nitrogen and oxygen atoms in total. The van der Waals surface area contributed by atoms with E-state index in [1.165, 1.54) is 44.6 Å². The highest BCUT2D eigenvalue weighted by atomic mass is 79.9. The van der Waals surface area contributed by atoms with Crippen molar-refractivity contribution in [2.24, 2.45) is 5.41 Å². The van der Waals surface area contributed by atoms with E-state index in [2.05, 4.69) is 20.9 Å². The third-order valence-electron chi connectivity index (χ3n) is 4.72. The molecule has 1 aromatic heterocycles. The molecule has 1 aromatic rings. The summed E-state index contributed by atoms with van der Waals surface area (Å²) < 4.78 is 19.2. The SMILES string of the molecule is Fc1ccc(OC2CCC3(CCCC3)CC2)nc1Br. The van der Waals surface area contributed by atoms with Gasteiger partial charge in [-0.15, -0.1) is 0 Å². The number of hydrogen-bond donors (Lipinski definition) is 0. The summed E-state index contributed by atoms with van der Waals surface area (Å²) in [5.74, 6) is 0.182. The summed E-state index contributed by atoms with van der Waals surface area (Å²) in [5.41, 5.74) is 0.622. The Labute approximate surface area is 121 Å². The van der Waals surface area contributed by atoms with Gasteiger partial charge >= 0.3 is 0 Å². The highest BCUT2D eigenvalue weighted by Gasteiger charge is 2.38. The minimum atomic E-state index is -0.346. The van der Waals surface area contributed by atoms with Gasteiger partial charge < -0.3 is 4.74 Å². The van der Waals surface area contributed by atoms with Crippen molar-refractivity contribution in [1.82, 2.24) is 4.98 Å². The molecule has 2 fully saturated rings. The third kappa shape index (κ3) is 2.93. The minimum Gasteiger partial charge on any atom is -0.474 e. The number of aromatic nitrogens is 1. The fraction of sp³-hybridized carbons (Fsp3) is 0.667. The number of rotatable bonds is 2. The minimum absolute atomic E-state index is 0.230. The van der Waals surface area contributed by atoms with E-state index in [0.717, 1.165) is 12.8 Å². The number of hydrogen-bond acceptors (Lipinski definition) is 2. The Hall–Kier alpha value is -0.640. The lowest BCUT2D eigenvalue weighted by atomic mass is 9.72. The highest BCUT2D eigenvalue weighted by molar-refractivity contribution is 9.10. The van der Waals surface area contributed by atoms with Crippen LogP contribution < -0.4 is 4.74 Å². The number of pyridine rings is 1. The maximum Gasteiger partial charge on any atom is 0.214 e. The van der Waals surface area contributed by atoms with Crippen LogP contribution in [0.1, 0.15) is 51.4 Å². The van der Waals surface area contributed by atoms with E-state index in [9.17, 15) is 4.39 Å². The summed E-state index contributed by atoms with van der Waals surface area (Å²) in [6.07, 6.45) is 10.6. The van der Waals surface area contributed by atoms with E-state index in [1.54, 1.807) is 6.07 Å². The monoisotopic (exact) mass is 327 g/mol. The molecular weight excluding hydrogens is 309 g/mol. The Morgan fingerprint density at radius 2 is 1.84 bits per heavy atom. The first-order valence-corrected chi connectivity index (χ1v) is 7.95. The molecule has 2 aliphatic carbocycles. The first kappa shape index (κ1) is 13.3. The van der Waals surface area contributed by atoms with Crippen molar-refractivity contribution in [3.05, 3.63) is 22.6 Å². The molecule has 19 heavy (non-hydrogen) atoms. The molecule has 1 spiro atoms. The second-order valence-electron chi connectivity index (χ2n) is 5.95. The van der Waals surface area contributed by atoms with Crippen molar-refractivity contribution in [3.63, 3.8) is 0 Å². The summed E-state index contributed by atoms with van der Waals surface area (Å²) in [4.78, 5) is 4.08. The van der Waals surface area contributed by atoms with Gasteiger partial charge in [0.05, 0.1) is 0 Å². The van der Waals surface area contributed by atoms with E-state index in [4.69, 9.17) is 4.74 Å². The zero-order valence-electron chi connectivity index (χ0n) is 11.0. The summed E-state index contributed by atoms with van der Waals surface area (Å²) in [5, 5.41) is 0. The Bertz CT molecular complexity index is 449. The average Bonchev–Trinajstić information content (AvgIpc) is 2.86. The molecule has 0 N–H and O–H groups in total. The van der Waals surface area contributed by atoms with Crippen LogP contribution in [0, 0.1) is 11.2 Å². The highest BCUT2D eigenvalue weighted by Crippen LogP contribution is 2.49. The van der Waals surface area contributed by atoms with Crippen LogP contribution in [0.5, 0.6) is 5.88 Å². The van der Waals surface area contributed by atoms with Crippen LogP contribution in [-0.4, -0.2) is 11.1 Å². The zero-order valence-corrected chi connectivity index (χ0v) is 12.6. The van der Waals surface area contributed by atoms with Crippen molar-refractivity contribution in [2.75, 3.05) is 0 Å². The van der Waals surface area contributed by atoms with Crippen LogP contribution in [0.15, 0.2) is 16.7 Å². The van der Waals surface area contributed by atoms with Crippen molar-refractivity contribution in [3.8, 4) is 5.88 Å². The van der Waals surface area contributed by atoms with E-state index in [0.29, 0.717) is 11.3 Å². The van der Waals surface area contributed by atoms with Gasteiger partial charge in [-0.05, 0) is 65.9 Å². The Kier molecular flexibility index (Phi) is 3.79. The molecule has 1 heterocycles. The fourth-order valence-electron chi connectivity index (χ4n) is 3.58. The largest absolute Gasteiger partial charge is 0.474 e. The van der Waals surface area contributed by atoms with Crippen LogP contribution >= 0.6 is 15.9 Å². The van der Waals surface area contributed by atoms with Gasteiger partial charge in [0, 0.05) is 6.07 Å². The van der Waals surface area contributed by atoms with Crippen LogP contribution in [-0.2, 0) is 0 Å². The molecule has 0 radical (unpaired) electrons. The molecule has 0 bridgehead atoms. The van der Waals surface area contributed by atoms with Crippen molar-refractivity contribution >= 4 is 15.9 Å². The maximum absolute atomic E-state index is 13.1. The molecule has 0 unspecified atom stereocenters. The summed E-state index contributed by atoms with van der Waals surface area (Å²) in [6, 6.07) is 3.01. The smallest absolute Gasteiger partial charge is 0.214 e. The summed E-state index contributed by atoms with van der Waals surface area (Å²) in [7, 11) is 0. The maximum atomic E-state index is 13.1. The molecule has 3 rings (SSSR count). The predicted octanol–water partition coefficient (Wildman–Crippen LogP) is 4.87. The summed E-state index contributed by atoms with van der Waals surface area (Å²) >= 11 is 3.09. The Balaban J connectivity index is 1.58. The van der Waals surface area contributed by atoms with E-state index < -0.39 is 0 Å². The molecule has 2 aliphatic rings. The van der Waals surface area contributed by atoms with Crippen molar-refractivity contribution in [2.45, 2.75) is 57.5 Å². The molecule has 0 aromatic carbocycles. The number of halogens is 2. The van der Waals surface area contributed by atoms with Gasteiger partial charge in [-0.3, -0.25) is 0 Å². The van der Waals surface area contributed by atoms with Crippen LogP contribution in [0.2, 0.25) is 0 Å². The van der Waals surface area contributed by atoms with Gasteiger partial charge in [-0.1, -0.05) is 12.8 Å². The lowest BCUT2D eigenvalue weighted by molar-refractivity contribution is 0.0789. The second kappa shape index (κ2) is 5.39. The van der Waals surface area contributed by atoms with E-state index >= 15 is 0 Å². The second-order valence-corrected chi connectivity index (χ2v) is 6.70. The normalized spacial score (nSPS) is 22.8. The topological polar surface area (TPSA) is 22.1 Å². The Morgan fingerprint density at radius 1 is 1.16 bits per heavy atom. The van der Waals surface area contributed by atoms with Gasteiger partial charge in [-0.25, -0.2) is 9.37 Å². The van der Waals surface area contributed by atoms with E-state index in [-0.39, 0.29) is 16.5 Å². The zero-order chi connectivity index (χ0) is 13.3. The van der Waals surface area contributed by atoms with Crippen molar-refractivity contribution < 1.29 is 9.13 Å². The molecule has 0 atom stereocenters. The molecule has 0 amide bonds. The van der Waals surface area contributed by atoms with Crippen molar-refractivity contribution in [1.29, 1.82) is 0 Å². The Morgan fingerprint density at radius 3 is 2.47 bits per heavy atom. The fourth-order valence-corrected chi connectivity index (χ4v) is 3.89. The summed E-state index contributed by atoms with van der Waals surface area (Å²) in [6.45, 7) is 0. The average molecular weight is 328 g/mol. The van der Waals surface area contributed by atoms with Crippen LogP contribution in [0.4, 0.5) is 4.39 Å². The molecular formula is C15H19BrFNO. The van der Waals surface area contributed by atoms with Crippen LogP contribution in [0.25, 0.3) is 0 Å². The van der Waals surface area contributed by atoms with Gasteiger partial charge in [0.25, 0.3) is 0 Å². The molecule has 0 saturated heterocycles. The van der Waals surface area contributed by atoms with Gasteiger partial charge in [0.2, 0.25) is 5.88 Å². The van der Waals surface area contributed by atoms with Gasteiger partial charge in [-0.2, -0.15) is 0 Å². The third-order valence-corrected chi connectivity index (χ3v) is 5.28. The van der Waals surface area contributed by atoms with Crippen LogP contribution in [0.3, 0.4) is 0 Å². The van der Waals surface area contributed by atoms with Gasteiger partial charge in [0.15, 0.2) is 5.82 Å².